The van der Waals surface area contributed by atoms with E-state index in [2.05, 4.69) is 43.2 Å². The molecule has 0 aromatic carbocycles. The van der Waals surface area contributed by atoms with Crippen LogP contribution in [-0.4, -0.2) is 23.5 Å². The third-order valence-electron chi connectivity index (χ3n) is 1.06. The van der Waals surface area contributed by atoms with E-state index in [9.17, 15) is 0 Å². The van der Waals surface area contributed by atoms with Crippen LogP contribution in [-0.2, 0) is 0 Å². The minimum Gasteiger partial charge on any atom is -0.308 e. The molecule has 3 heteroatoms. The van der Waals surface area contributed by atoms with Crippen molar-refractivity contribution in [3.8, 4) is 0 Å². The minimum absolute atomic E-state index is 0. The molecule has 0 spiro atoms. The molecule has 0 saturated heterocycles. The van der Waals surface area contributed by atoms with Crippen LogP contribution in [0.1, 0.15) is 62.8 Å². The maximum atomic E-state index is 4.19. The highest BCUT2D eigenvalue weighted by atomic mass is 15.3. The molecule has 0 aliphatic rings. The Morgan fingerprint density at radius 2 is 1.31 bits per heavy atom. The predicted molar refractivity (Wildman–Crippen MR) is 77.7 cm³/mol. The van der Waals surface area contributed by atoms with Gasteiger partial charge in [-0.2, -0.15) is 5.10 Å². The van der Waals surface area contributed by atoms with E-state index < -0.39 is 0 Å². The smallest absolute Gasteiger partial charge is 0.0442 e. The van der Waals surface area contributed by atoms with Crippen molar-refractivity contribution in [3.05, 3.63) is 0 Å². The normalized spacial score (nSPS) is 8.62. The molecule has 0 atom stereocenters. The van der Waals surface area contributed by atoms with Crippen molar-refractivity contribution in [1.82, 2.24) is 5.43 Å². The minimum atomic E-state index is 0. The molecular formula is C13H31N3. The summed E-state index contributed by atoms with van der Waals surface area (Å²) in [5, 5.41) is 3.99. The maximum absolute atomic E-state index is 4.19. The fourth-order valence-corrected chi connectivity index (χ4v) is 0.775. The maximum Gasteiger partial charge on any atom is 0.0442 e. The highest BCUT2D eigenvalue weighted by molar-refractivity contribution is 5.79. The van der Waals surface area contributed by atoms with Gasteiger partial charge in [-0.3, -0.25) is 4.99 Å². The topological polar surface area (TPSA) is 36.8 Å². The summed E-state index contributed by atoms with van der Waals surface area (Å²) >= 11 is 0. The molecule has 0 unspecified atom stereocenters. The molecule has 0 aliphatic heterocycles. The summed E-state index contributed by atoms with van der Waals surface area (Å²) in [5.41, 5.74) is 5.16. The Hall–Kier alpha value is -0.860. The molecular weight excluding hydrogens is 198 g/mol. The van der Waals surface area contributed by atoms with Crippen LogP contribution in [0.3, 0.4) is 0 Å². The molecule has 0 radical (unpaired) electrons. The highest BCUT2D eigenvalue weighted by Crippen LogP contribution is 1.85. The van der Waals surface area contributed by atoms with Crippen LogP contribution >= 0.6 is 0 Å². The zero-order valence-corrected chi connectivity index (χ0v) is 11.5. The zero-order valence-electron chi connectivity index (χ0n) is 11.5. The van der Waals surface area contributed by atoms with E-state index >= 15 is 0 Å². The molecule has 0 saturated carbocycles. The van der Waals surface area contributed by atoms with Crippen LogP contribution in [0, 0.1) is 0 Å². The summed E-state index contributed by atoms with van der Waals surface area (Å²) in [5.74, 6) is 0. The summed E-state index contributed by atoms with van der Waals surface area (Å²) in [6, 6.07) is 0.912. The third-order valence-corrected chi connectivity index (χ3v) is 1.06. The first kappa shape index (κ1) is 20.5. The Balaban J connectivity index is -0.000000200. The van der Waals surface area contributed by atoms with Gasteiger partial charge in [0.15, 0.2) is 0 Å². The van der Waals surface area contributed by atoms with Gasteiger partial charge in [0.2, 0.25) is 0 Å². The quantitative estimate of drug-likeness (QED) is 0.578. The van der Waals surface area contributed by atoms with Gasteiger partial charge in [-0.05, 0) is 55.4 Å². The first-order valence-corrected chi connectivity index (χ1v) is 5.53. The molecule has 98 valence electrons. The van der Waals surface area contributed by atoms with Crippen molar-refractivity contribution < 1.29 is 0 Å². The third kappa shape index (κ3) is 29.2. The standard InChI is InChI=1S/C6H14N2.C6H13N.CH4/c1-5(2)7-8-6(3)4;1-5(2)7-6(3)4;/h5,7H,1-4H3;5H,1-4H3;1H4. The molecule has 1 N–H and O–H groups in total. The second-order valence-electron chi connectivity index (χ2n) is 4.51. The molecule has 0 aromatic rings. The summed E-state index contributed by atoms with van der Waals surface area (Å²) in [4.78, 5) is 4.19. The fraction of sp³-hybridized carbons (Fsp3) is 0.846. The number of nitrogens with zero attached hydrogens (tertiary/aromatic N) is 2. The Bertz CT molecular complexity index is 195. The monoisotopic (exact) mass is 229 g/mol. The van der Waals surface area contributed by atoms with Gasteiger partial charge < -0.3 is 5.43 Å². The van der Waals surface area contributed by atoms with Crippen molar-refractivity contribution >= 4 is 11.4 Å². The molecule has 0 aliphatic carbocycles. The van der Waals surface area contributed by atoms with Crippen LogP contribution in [0.25, 0.3) is 0 Å². The van der Waals surface area contributed by atoms with Crippen LogP contribution in [0.5, 0.6) is 0 Å². The fourth-order valence-electron chi connectivity index (χ4n) is 0.775. The van der Waals surface area contributed by atoms with Crippen LogP contribution in [0.2, 0.25) is 0 Å². The summed E-state index contributed by atoms with van der Waals surface area (Å²) < 4.78 is 0. The van der Waals surface area contributed by atoms with Crippen LogP contribution < -0.4 is 5.43 Å². The second kappa shape index (κ2) is 12.2. The van der Waals surface area contributed by atoms with Gasteiger partial charge in [0, 0.05) is 23.5 Å². The number of rotatable bonds is 3. The van der Waals surface area contributed by atoms with Gasteiger partial charge in [-0.25, -0.2) is 0 Å². The highest BCUT2D eigenvalue weighted by Gasteiger charge is 1.84. The molecule has 0 aromatic heterocycles. The lowest BCUT2D eigenvalue weighted by Gasteiger charge is -2.01. The average molecular weight is 229 g/mol. The van der Waals surface area contributed by atoms with Gasteiger partial charge in [0.05, 0.1) is 0 Å². The number of hydrogen-bond acceptors (Lipinski definition) is 3. The van der Waals surface area contributed by atoms with Crippen LogP contribution in [0.4, 0.5) is 0 Å². The van der Waals surface area contributed by atoms with E-state index in [1.807, 2.05) is 27.7 Å². The Morgan fingerprint density at radius 3 is 1.38 bits per heavy atom. The number of hydrazone groups is 1. The Kier molecular flexibility index (Phi) is 15.7. The van der Waals surface area contributed by atoms with E-state index in [0.717, 1.165) is 11.4 Å². The van der Waals surface area contributed by atoms with E-state index in [1.165, 1.54) is 0 Å². The summed E-state index contributed by atoms with van der Waals surface area (Å²) in [6.45, 7) is 16.2. The van der Waals surface area contributed by atoms with Crippen molar-refractivity contribution in [2.75, 3.05) is 0 Å². The van der Waals surface area contributed by atoms with Gasteiger partial charge in [0.1, 0.15) is 0 Å². The van der Waals surface area contributed by atoms with Crippen molar-refractivity contribution in [2.45, 2.75) is 74.9 Å². The van der Waals surface area contributed by atoms with E-state index in [4.69, 9.17) is 0 Å². The average Bonchev–Trinajstić information content (AvgIpc) is 1.99. The predicted octanol–water partition coefficient (Wildman–Crippen LogP) is 3.89. The van der Waals surface area contributed by atoms with E-state index in [0.29, 0.717) is 12.1 Å². The van der Waals surface area contributed by atoms with Gasteiger partial charge in [-0.15, -0.1) is 0 Å². The molecule has 0 amide bonds. The van der Waals surface area contributed by atoms with E-state index in [-0.39, 0.29) is 7.43 Å². The molecule has 0 heterocycles. The van der Waals surface area contributed by atoms with Crippen LogP contribution in [0.15, 0.2) is 10.1 Å². The molecule has 0 rings (SSSR count). The zero-order chi connectivity index (χ0) is 12.4. The Morgan fingerprint density at radius 1 is 0.875 bits per heavy atom. The van der Waals surface area contributed by atoms with Gasteiger partial charge in [0.25, 0.3) is 0 Å². The first-order valence-electron chi connectivity index (χ1n) is 5.53. The number of aliphatic imine (C=N–C) groups is 1. The molecule has 0 fully saturated rings. The van der Waals surface area contributed by atoms with E-state index in [1.54, 1.807) is 0 Å². The summed E-state index contributed by atoms with van der Waals surface area (Å²) in [6.07, 6.45) is 0. The molecule has 0 bridgehead atoms. The number of nitrogens with one attached hydrogen (secondary N) is 1. The summed E-state index contributed by atoms with van der Waals surface area (Å²) in [7, 11) is 0. The lowest BCUT2D eigenvalue weighted by Crippen LogP contribution is -2.16. The van der Waals surface area contributed by atoms with Crippen molar-refractivity contribution in [1.29, 1.82) is 0 Å². The largest absolute Gasteiger partial charge is 0.308 e. The van der Waals surface area contributed by atoms with Gasteiger partial charge >= 0.3 is 0 Å². The van der Waals surface area contributed by atoms with Crippen molar-refractivity contribution in [2.24, 2.45) is 10.1 Å². The van der Waals surface area contributed by atoms with Gasteiger partial charge in [-0.1, -0.05) is 7.43 Å². The Labute approximate surface area is 102 Å². The number of hydrogen-bond donors (Lipinski definition) is 1. The first-order chi connectivity index (χ1) is 6.75. The SMILES string of the molecule is C.CC(C)=NC(C)C.CC(C)=NNC(C)C. The lowest BCUT2D eigenvalue weighted by molar-refractivity contribution is 0.620. The lowest BCUT2D eigenvalue weighted by atomic mass is 10.4. The van der Waals surface area contributed by atoms with Crippen molar-refractivity contribution in [3.63, 3.8) is 0 Å². The molecule has 3 nitrogen and oxygen atoms in total. The molecule has 16 heavy (non-hydrogen) atoms. The second-order valence-corrected chi connectivity index (χ2v) is 4.51.